The van der Waals surface area contributed by atoms with Crippen molar-refractivity contribution in [2.75, 3.05) is 18.4 Å². The third-order valence-corrected chi connectivity index (χ3v) is 5.98. The van der Waals surface area contributed by atoms with Gasteiger partial charge in [-0.3, -0.25) is 9.59 Å². The minimum atomic E-state index is -0.203. The lowest BCUT2D eigenvalue weighted by atomic mass is 10.1. The second-order valence-electron chi connectivity index (χ2n) is 8.92. The molecule has 1 saturated carbocycles. The lowest BCUT2D eigenvalue weighted by Gasteiger charge is -2.22. The number of hydrogen-bond donors (Lipinski definition) is 1. The van der Waals surface area contributed by atoms with Crippen molar-refractivity contribution in [3.63, 3.8) is 0 Å². The molecule has 1 aliphatic rings. The van der Waals surface area contributed by atoms with Gasteiger partial charge in [-0.15, -0.1) is 0 Å². The van der Waals surface area contributed by atoms with Crippen LogP contribution in [0, 0.1) is 19.8 Å². The normalized spacial score (nSPS) is 13.1. The van der Waals surface area contributed by atoms with Crippen LogP contribution in [0.4, 0.5) is 5.82 Å². The second kappa shape index (κ2) is 10.0. The maximum Gasteiger partial charge on any atom is 0.245 e. The molecule has 1 N–H and O–H groups in total. The van der Waals surface area contributed by atoms with E-state index in [4.69, 9.17) is 5.10 Å². The molecule has 172 valence electrons. The number of aryl methyl sites for hydroxylation is 2. The maximum atomic E-state index is 13.1. The number of hydrogen-bond acceptors (Lipinski definition) is 3. The van der Waals surface area contributed by atoms with E-state index in [1.807, 2.05) is 55.5 Å². The van der Waals surface area contributed by atoms with Gasteiger partial charge in [-0.05, 0) is 44.7 Å². The van der Waals surface area contributed by atoms with Gasteiger partial charge in [0.05, 0.1) is 17.9 Å². The van der Waals surface area contributed by atoms with Gasteiger partial charge in [0.15, 0.2) is 0 Å². The van der Waals surface area contributed by atoms with Crippen molar-refractivity contribution < 1.29 is 9.59 Å². The number of amides is 2. The lowest BCUT2D eigenvalue weighted by Crippen LogP contribution is -2.39. The number of anilines is 1. The van der Waals surface area contributed by atoms with Gasteiger partial charge in [-0.1, -0.05) is 61.4 Å². The molecular formula is C27H32N4O2. The Kier molecular flexibility index (Phi) is 6.92. The molecular weight excluding hydrogens is 412 g/mol. The first-order valence-corrected chi connectivity index (χ1v) is 11.8. The van der Waals surface area contributed by atoms with Gasteiger partial charge in [0, 0.05) is 24.1 Å². The average Bonchev–Trinajstić information content (AvgIpc) is 3.58. The number of unbranched alkanes of at least 4 members (excludes halogenated alkanes) is 1. The molecule has 0 radical (unpaired) electrons. The lowest BCUT2D eigenvalue weighted by molar-refractivity contribution is -0.135. The van der Waals surface area contributed by atoms with Gasteiger partial charge >= 0.3 is 0 Å². The van der Waals surface area contributed by atoms with Crippen LogP contribution in [0.5, 0.6) is 0 Å². The Hall–Kier alpha value is -3.41. The van der Waals surface area contributed by atoms with Crippen molar-refractivity contribution in [2.45, 2.75) is 46.5 Å². The molecule has 4 rings (SSSR count). The van der Waals surface area contributed by atoms with Crippen molar-refractivity contribution >= 4 is 17.6 Å². The highest BCUT2D eigenvalue weighted by Gasteiger charge is 2.34. The first-order chi connectivity index (χ1) is 16.0. The van der Waals surface area contributed by atoms with Gasteiger partial charge in [-0.25, -0.2) is 4.68 Å². The molecule has 0 saturated heterocycles. The number of rotatable bonds is 9. The predicted octanol–water partition coefficient (Wildman–Crippen LogP) is 5.13. The molecule has 1 heterocycles. The minimum Gasteiger partial charge on any atom is -0.333 e. The van der Waals surface area contributed by atoms with E-state index in [0.29, 0.717) is 12.4 Å². The number of nitrogens with one attached hydrogen (secondary N) is 1. The van der Waals surface area contributed by atoms with E-state index in [1.54, 1.807) is 9.58 Å². The van der Waals surface area contributed by atoms with E-state index in [1.165, 1.54) is 5.56 Å². The molecule has 0 unspecified atom stereocenters. The monoisotopic (exact) mass is 444 g/mol. The standard InChI is InChI=1S/C27H32N4O2/c1-4-5-15-30(27(33)22-12-13-22)18-26(32)28-25-17-23(21-9-7-6-8-10-21)29-31(25)24-14-11-19(2)16-20(24)3/h6-11,14,16-17,22H,4-5,12-13,15,18H2,1-3H3,(H,28,32). The van der Waals surface area contributed by atoms with Crippen LogP contribution in [0.25, 0.3) is 16.9 Å². The zero-order chi connectivity index (χ0) is 23.4. The minimum absolute atomic E-state index is 0.0636. The van der Waals surface area contributed by atoms with Crippen LogP contribution in [0.1, 0.15) is 43.7 Å². The Bertz CT molecular complexity index is 1130. The molecule has 33 heavy (non-hydrogen) atoms. The van der Waals surface area contributed by atoms with Gasteiger partial charge < -0.3 is 10.2 Å². The summed E-state index contributed by atoms with van der Waals surface area (Å²) >= 11 is 0. The van der Waals surface area contributed by atoms with E-state index in [2.05, 4.69) is 25.2 Å². The van der Waals surface area contributed by atoms with Crippen LogP contribution >= 0.6 is 0 Å². The molecule has 1 aromatic heterocycles. The topological polar surface area (TPSA) is 67.2 Å². The number of nitrogens with zero attached hydrogens (tertiary/aromatic N) is 3. The summed E-state index contributed by atoms with van der Waals surface area (Å²) in [5, 5.41) is 7.85. The number of carbonyl (C=O) groups excluding carboxylic acids is 2. The molecule has 1 aliphatic carbocycles. The first kappa shape index (κ1) is 22.8. The summed E-state index contributed by atoms with van der Waals surface area (Å²) in [5.74, 6) is 0.595. The third-order valence-electron chi connectivity index (χ3n) is 5.98. The Morgan fingerprint density at radius 1 is 1.09 bits per heavy atom. The van der Waals surface area contributed by atoms with Crippen LogP contribution < -0.4 is 5.32 Å². The van der Waals surface area contributed by atoms with E-state index < -0.39 is 0 Å². The maximum absolute atomic E-state index is 13.1. The van der Waals surface area contributed by atoms with E-state index in [9.17, 15) is 9.59 Å². The van der Waals surface area contributed by atoms with Crippen molar-refractivity contribution in [3.05, 3.63) is 65.7 Å². The zero-order valence-corrected chi connectivity index (χ0v) is 19.7. The summed E-state index contributed by atoms with van der Waals surface area (Å²) in [6.07, 6.45) is 3.74. The highest BCUT2D eigenvalue weighted by molar-refractivity contribution is 5.95. The second-order valence-corrected chi connectivity index (χ2v) is 8.92. The van der Waals surface area contributed by atoms with Crippen molar-refractivity contribution in [1.29, 1.82) is 0 Å². The smallest absolute Gasteiger partial charge is 0.245 e. The summed E-state index contributed by atoms with van der Waals surface area (Å²) in [6, 6.07) is 18.0. The Morgan fingerprint density at radius 3 is 2.52 bits per heavy atom. The summed E-state index contributed by atoms with van der Waals surface area (Å²) in [7, 11) is 0. The largest absolute Gasteiger partial charge is 0.333 e. The van der Waals surface area contributed by atoms with Crippen molar-refractivity contribution in [2.24, 2.45) is 5.92 Å². The third kappa shape index (κ3) is 5.51. The molecule has 3 aromatic rings. The average molecular weight is 445 g/mol. The van der Waals surface area contributed by atoms with Gasteiger partial charge in [-0.2, -0.15) is 5.10 Å². The summed E-state index contributed by atoms with van der Waals surface area (Å²) in [4.78, 5) is 27.5. The molecule has 1 fully saturated rings. The van der Waals surface area contributed by atoms with Crippen LogP contribution in [-0.4, -0.2) is 39.6 Å². The molecule has 0 atom stereocenters. The molecule has 0 bridgehead atoms. The van der Waals surface area contributed by atoms with E-state index in [0.717, 1.165) is 48.2 Å². The van der Waals surface area contributed by atoms with E-state index in [-0.39, 0.29) is 24.3 Å². The quantitative estimate of drug-likeness (QED) is 0.497. The fourth-order valence-electron chi connectivity index (χ4n) is 4.01. The van der Waals surface area contributed by atoms with Crippen LogP contribution in [0.3, 0.4) is 0 Å². The van der Waals surface area contributed by atoms with Crippen molar-refractivity contribution in [1.82, 2.24) is 14.7 Å². The van der Waals surface area contributed by atoms with Crippen molar-refractivity contribution in [3.8, 4) is 16.9 Å². The molecule has 2 amide bonds. The van der Waals surface area contributed by atoms with Gasteiger partial charge in [0.2, 0.25) is 11.8 Å². The SMILES string of the molecule is CCCCN(CC(=O)Nc1cc(-c2ccccc2)nn1-c1ccc(C)cc1C)C(=O)C1CC1. The Morgan fingerprint density at radius 2 is 1.85 bits per heavy atom. The summed E-state index contributed by atoms with van der Waals surface area (Å²) < 4.78 is 1.79. The highest BCUT2D eigenvalue weighted by atomic mass is 16.2. The highest BCUT2D eigenvalue weighted by Crippen LogP contribution is 2.31. The molecule has 6 nitrogen and oxygen atoms in total. The van der Waals surface area contributed by atoms with Crippen LogP contribution in [-0.2, 0) is 9.59 Å². The Balaban J connectivity index is 1.61. The van der Waals surface area contributed by atoms with Crippen LogP contribution in [0.2, 0.25) is 0 Å². The molecule has 6 heteroatoms. The summed E-state index contributed by atoms with van der Waals surface area (Å²) in [5.41, 5.74) is 4.91. The Labute approximate surface area is 195 Å². The summed E-state index contributed by atoms with van der Waals surface area (Å²) in [6.45, 7) is 6.87. The van der Waals surface area contributed by atoms with Crippen LogP contribution in [0.15, 0.2) is 54.6 Å². The fraction of sp³-hybridized carbons (Fsp3) is 0.370. The molecule has 0 spiro atoms. The van der Waals surface area contributed by atoms with Gasteiger partial charge in [0.25, 0.3) is 0 Å². The number of aromatic nitrogens is 2. The molecule has 0 aliphatic heterocycles. The van der Waals surface area contributed by atoms with Gasteiger partial charge in [0.1, 0.15) is 5.82 Å². The fourth-order valence-corrected chi connectivity index (χ4v) is 4.01. The number of carbonyl (C=O) groups is 2. The zero-order valence-electron chi connectivity index (χ0n) is 19.7. The predicted molar refractivity (Wildman–Crippen MR) is 131 cm³/mol. The van der Waals surface area contributed by atoms with E-state index >= 15 is 0 Å². The number of benzene rings is 2. The molecule has 2 aromatic carbocycles. The first-order valence-electron chi connectivity index (χ1n) is 11.8.